The summed E-state index contributed by atoms with van der Waals surface area (Å²) in [5.41, 5.74) is 3.49. The minimum Gasteiger partial charge on any atom is -0.313 e. The summed E-state index contributed by atoms with van der Waals surface area (Å²) >= 11 is 7.20. The molecule has 0 aliphatic rings. The third-order valence-electron chi connectivity index (χ3n) is 3.35. The molecule has 106 valence electrons. The third-order valence-corrected chi connectivity index (χ3v) is 4.90. The lowest BCUT2D eigenvalue weighted by atomic mass is 9.98. The first kappa shape index (κ1) is 15.7. The summed E-state index contributed by atoms with van der Waals surface area (Å²) in [4.78, 5) is 0. The van der Waals surface area contributed by atoms with Crippen LogP contribution in [0.4, 0.5) is 4.39 Å². The molecule has 0 saturated heterocycles. The molecule has 0 radical (unpaired) electrons. The van der Waals surface area contributed by atoms with Crippen molar-refractivity contribution in [2.75, 3.05) is 7.05 Å². The number of benzene rings is 2. The van der Waals surface area contributed by atoms with Crippen LogP contribution in [0.5, 0.6) is 0 Å². The van der Waals surface area contributed by atoms with Crippen molar-refractivity contribution in [1.29, 1.82) is 0 Å². The average Bonchev–Trinajstić information content (AvgIpc) is 2.43. The predicted molar refractivity (Wildman–Crippen MR) is 88.5 cm³/mol. The van der Waals surface area contributed by atoms with Crippen LogP contribution in [-0.2, 0) is 6.42 Å². The number of aryl methyl sites for hydroxylation is 1. The molecule has 4 heteroatoms. The molecule has 1 nitrogen and oxygen atoms in total. The van der Waals surface area contributed by atoms with Gasteiger partial charge in [-0.3, -0.25) is 0 Å². The minimum atomic E-state index is -0.200. The van der Waals surface area contributed by atoms with Crippen molar-refractivity contribution in [3.8, 4) is 0 Å². The van der Waals surface area contributed by atoms with E-state index in [4.69, 9.17) is 0 Å². The van der Waals surface area contributed by atoms with E-state index in [-0.39, 0.29) is 11.9 Å². The zero-order valence-corrected chi connectivity index (χ0v) is 14.6. The second kappa shape index (κ2) is 6.83. The van der Waals surface area contributed by atoms with Gasteiger partial charge >= 0.3 is 0 Å². The van der Waals surface area contributed by atoms with E-state index in [1.165, 1.54) is 23.3 Å². The van der Waals surface area contributed by atoms with Crippen LogP contribution in [0.3, 0.4) is 0 Å². The minimum absolute atomic E-state index is 0.173. The van der Waals surface area contributed by atoms with Gasteiger partial charge < -0.3 is 5.32 Å². The van der Waals surface area contributed by atoms with Gasteiger partial charge in [-0.05, 0) is 61.3 Å². The molecule has 0 heterocycles. The molecule has 20 heavy (non-hydrogen) atoms. The van der Waals surface area contributed by atoms with Crippen LogP contribution < -0.4 is 5.32 Å². The molecule has 0 saturated carbocycles. The van der Waals surface area contributed by atoms with Crippen LogP contribution in [0, 0.1) is 12.7 Å². The fraction of sp³-hybridized carbons (Fsp3) is 0.250. The first-order valence-corrected chi connectivity index (χ1v) is 7.97. The first-order valence-electron chi connectivity index (χ1n) is 6.38. The Kier molecular flexibility index (Phi) is 5.35. The van der Waals surface area contributed by atoms with Gasteiger partial charge in [-0.15, -0.1) is 0 Å². The highest BCUT2D eigenvalue weighted by atomic mass is 79.9. The van der Waals surface area contributed by atoms with Crippen molar-refractivity contribution in [2.24, 2.45) is 0 Å². The largest absolute Gasteiger partial charge is 0.313 e. The number of rotatable bonds is 4. The normalized spacial score (nSPS) is 12.4. The lowest BCUT2D eigenvalue weighted by Gasteiger charge is -2.19. The summed E-state index contributed by atoms with van der Waals surface area (Å²) in [5, 5.41) is 3.32. The van der Waals surface area contributed by atoms with Crippen LogP contribution in [-0.4, -0.2) is 7.05 Å². The molecule has 1 N–H and O–H groups in total. The van der Waals surface area contributed by atoms with E-state index < -0.39 is 0 Å². The van der Waals surface area contributed by atoms with Crippen molar-refractivity contribution in [1.82, 2.24) is 5.32 Å². The molecule has 0 spiro atoms. The van der Waals surface area contributed by atoms with Crippen LogP contribution in [0.2, 0.25) is 0 Å². The predicted octanol–water partition coefficient (Wildman–Crippen LogP) is 5.16. The molecule has 1 unspecified atom stereocenters. The van der Waals surface area contributed by atoms with Crippen LogP contribution in [0.15, 0.2) is 45.3 Å². The molecule has 2 rings (SSSR count). The highest BCUT2D eigenvalue weighted by Crippen LogP contribution is 2.31. The molecule has 0 aliphatic heterocycles. The molecule has 0 fully saturated rings. The summed E-state index contributed by atoms with van der Waals surface area (Å²) in [5.74, 6) is -0.200. The van der Waals surface area contributed by atoms with Crippen molar-refractivity contribution in [3.05, 3.63) is 67.9 Å². The maximum Gasteiger partial charge on any atom is 0.123 e. The Balaban J connectivity index is 2.28. The quantitative estimate of drug-likeness (QED) is 0.747. The molecule has 0 amide bonds. The zero-order chi connectivity index (χ0) is 14.7. The molecule has 0 aliphatic carbocycles. The molecular weight excluding hydrogens is 385 g/mol. The topological polar surface area (TPSA) is 12.0 Å². The van der Waals surface area contributed by atoms with Gasteiger partial charge in [-0.2, -0.15) is 0 Å². The fourth-order valence-corrected chi connectivity index (χ4v) is 3.25. The van der Waals surface area contributed by atoms with Gasteiger partial charge in [0.15, 0.2) is 0 Å². The standard InChI is InChI=1S/C16H16Br2FN/c1-10-7-15(18)13(9-14(10)17)16(20-2)8-11-3-5-12(19)6-4-11/h3-7,9,16,20H,8H2,1-2H3. The lowest BCUT2D eigenvalue weighted by Crippen LogP contribution is -2.19. The van der Waals surface area contributed by atoms with Gasteiger partial charge in [0.2, 0.25) is 0 Å². The Bertz CT molecular complexity index is 596. The molecule has 0 bridgehead atoms. The van der Waals surface area contributed by atoms with Gasteiger partial charge in [-0.1, -0.05) is 44.0 Å². The maximum atomic E-state index is 13.0. The average molecular weight is 401 g/mol. The van der Waals surface area contributed by atoms with Crippen molar-refractivity contribution < 1.29 is 4.39 Å². The molecule has 2 aromatic rings. The van der Waals surface area contributed by atoms with Gasteiger partial charge in [-0.25, -0.2) is 4.39 Å². The molecular formula is C16H16Br2FN. The monoisotopic (exact) mass is 399 g/mol. The van der Waals surface area contributed by atoms with E-state index in [2.05, 4.69) is 56.2 Å². The Morgan fingerprint density at radius 3 is 2.35 bits per heavy atom. The summed E-state index contributed by atoms with van der Waals surface area (Å²) in [7, 11) is 1.94. The second-order valence-corrected chi connectivity index (χ2v) is 6.50. The summed E-state index contributed by atoms with van der Waals surface area (Å²) in [6.07, 6.45) is 0.810. The number of hydrogen-bond donors (Lipinski definition) is 1. The van der Waals surface area contributed by atoms with Gasteiger partial charge in [0.05, 0.1) is 0 Å². The van der Waals surface area contributed by atoms with Crippen LogP contribution in [0.25, 0.3) is 0 Å². The van der Waals surface area contributed by atoms with Gasteiger partial charge in [0.1, 0.15) is 5.82 Å². The first-order chi connectivity index (χ1) is 9.51. The van der Waals surface area contributed by atoms with E-state index in [0.29, 0.717) is 0 Å². The Hall–Kier alpha value is -0.710. The van der Waals surface area contributed by atoms with Crippen molar-refractivity contribution in [2.45, 2.75) is 19.4 Å². The molecule has 0 aromatic heterocycles. The van der Waals surface area contributed by atoms with E-state index in [1.54, 1.807) is 0 Å². The van der Waals surface area contributed by atoms with E-state index in [9.17, 15) is 4.39 Å². The zero-order valence-electron chi connectivity index (χ0n) is 11.4. The highest BCUT2D eigenvalue weighted by molar-refractivity contribution is 9.11. The summed E-state index contributed by atoms with van der Waals surface area (Å²) in [6.45, 7) is 2.06. The van der Waals surface area contributed by atoms with Gasteiger partial charge in [0, 0.05) is 15.0 Å². The summed E-state index contributed by atoms with van der Waals surface area (Å²) in [6, 6.07) is 11.1. The Labute approximate surface area is 135 Å². The van der Waals surface area contributed by atoms with Crippen molar-refractivity contribution >= 4 is 31.9 Å². The number of nitrogens with one attached hydrogen (secondary N) is 1. The number of likely N-dealkylation sites (N-methyl/N-ethyl adjacent to an activating group) is 1. The third kappa shape index (κ3) is 3.68. The maximum absolute atomic E-state index is 13.0. The molecule has 1 atom stereocenters. The van der Waals surface area contributed by atoms with Crippen LogP contribution in [0.1, 0.15) is 22.7 Å². The Morgan fingerprint density at radius 1 is 1.10 bits per heavy atom. The number of halogens is 3. The van der Waals surface area contributed by atoms with E-state index >= 15 is 0 Å². The van der Waals surface area contributed by atoms with E-state index in [0.717, 1.165) is 20.9 Å². The summed E-state index contributed by atoms with van der Waals surface area (Å²) < 4.78 is 15.1. The second-order valence-electron chi connectivity index (χ2n) is 4.79. The Morgan fingerprint density at radius 2 is 1.75 bits per heavy atom. The highest BCUT2D eigenvalue weighted by Gasteiger charge is 2.15. The smallest absolute Gasteiger partial charge is 0.123 e. The van der Waals surface area contributed by atoms with E-state index in [1.807, 2.05) is 19.2 Å². The van der Waals surface area contributed by atoms with Crippen LogP contribution >= 0.6 is 31.9 Å². The van der Waals surface area contributed by atoms with Crippen molar-refractivity contribution in [3.63, 3.8) is 0 Å². The molecule has 2 aromatic carbocycles. The number of hydrogen-bond acceptors (Lipinski definition) is 1. The van der Waals surface area contributed by atoms with Gasteiger partial charge in [0.25, 0.3) is 0 Å². The fourth-order valence-electron chi connectivity index (χ4n) is 2.15. The lowest BCUT2D eigenvalue weighted by molar-refractivity contribution is 0.586. The SMILES string of the molecule is CNC(Cc1ccc(F)cc1)c1cc(Br)c(C)cc1Br.